The summed E-state index contributed by atoms with van der Waals surface area (Å²) in [6.07, 6.45) is 8.95. The van der Waals surface area contributed by atoms with Crippen molar-refractivity contribution in [3.63, 3.8) is 0 Å². The molecule has 1 aliphatic carbocycles. The van der Waals surface area contributed by atoms with Crippen LogP contribution in [0, 0.1) is 0 Å². The van der Waals surface area contributed by atoms with Gasteiger partial charge in [0.2, 0.25) is 0 Å². The molecule has 0 aliphatic heterocycles. The summed E-state index contributed by atoms with van der Waals surface area (Å²) in [6, 6.07) is 80.5. The number of thiazole rings is 2. The van der Waals surface area contributed by atoms with Crippen molar-refractivity contribution in [3.05, 3.63) is 248 Å². The van der Waals surface area contributed by atoms with Gasteiger partial charge in [0.1, 0.15) is 10.0 Å². The van der Waals surface area contributed by atoms with Crippen LogP contribution in [0.3, 0.4) is 0 Å². The molecule has 0 bridgehead atoms. The van der Waals surface area contributed by atoms with Crippen molar-refractivity contribution in [1.29, 1.82) is 0 Å². The number of hydrogen-bond donors (Lipinski definition) is 0. The third kappa shape index (κ3) is 8.32. The third-order valence-corrected chi connectivity index (χ3v) is 14.8. The van der Waals surface area contributed by atoms with E-state index in [1.165, 1.54) is 48.5 Å². The molecule has 324 valence electrons. The van der Waals surface area contributed by atoms with Crippen LogP contribution in [0.2, 0.25) is 0 Å². The molecule has 2 heterocycles. The van der Waals surface area contributed by atoms with Crippen LogP contribution >= 0.6 is 22.7 Å². The number of benzene rings is 9. The highest BCUT2D eigenvalue weighted by atomic mass is 32.1. The first kappa shape index (κ1) is 41.3. The number of para-hydroxylation sites is 3. The van der Waals surface area contributed by atoms with E-state index in [0.717, 1.165) is 73.5 Å². The fourth-order valence-electron chi connectivity index (χ4n) is 9.05. The molecule has 0 N–H and O–H groups in total. The Morgan fingerprint density at radius 3 is 1.03 bits per heavy atom. The lowest BCUT2D eigenvalue weighted by atomic mass is 10.0. The molecular formula is C62H44N4S2. The predicted molar refractivity (Wildman–Crippen MR) is 290 cm³/mol. The second-order valence-corrected chi connectivity index (χ2v) is 19.0. The summed E-state index contributed by atoms with van der Waals surface area (Å²) in [6.45, 7) is 0. The third-order valence-electron chi connectivity index (χ3n) is 12.6. The zero-order chi connectivity index (χ0) is 45.2. The summed E-state index contributed by atoms with van der Waals surface area (Å²) in [5.74, 6) is 0. The lowest BCUT2D eigenvalue weighted by Crippen LogP contribution is -2.16. The molecule has 0 amide bonds. The van der Waals surface area contributed by atoms with Crippen LogP contribution in [0.15, 0.2) is 248 Å². The van der Waals surface area contributed by atoms with Gasteiger partial charge in [0.25, 0.3) is 0 Å². The largest absolute Gasteiger partial charge is 0.311 e. The highest BCUT2D eigenvalue weighted by Crippen LogP contribution is 2.40. The molecule has 11 aromatic rings. The van der Waals surface area contributed by atoms with Crippen molar-refractivity contribution in [3.8, 4) is 54.5 Å². The average molecular weight is 909 g/mol. The summed E-state index contributed by atoms with van der Waals surface area (Å²) in [5.41, 5.74) is 18.2. The minimum atomic E-state index is 1.02. The van der Waals surface area contributed by atoms with Gasteiger partial charge >= 0.3 is 0 Å². The Labute approximate surface area is 404 Å². The number of allylic oxidation sites excluding steroid dienone is 3. The molecule has 12 rings (SSSR count). The minimum Gasteiger partial charge on any atom is -0.311 e. The summed E-state index contributed by atoms with van der Waals surface area (Å²) in [5, 5.41) is 2.10. The number of nitrogens with zero attached hydrogens (tertiary/aromatic N) is 4. The van der Waals surface area contributed by atoms with E-state index in [1.54, 1.807) is 22.7 Å². The predicted octanol–water partition coefficient (Wildman–Crippen LogP) is 18.1. The lowest BCUT2D eigenvalue weighted by molar-refractivity contribution is 0.997. The lowest BCUT2D eigenvalue weighted by Gasteiger charge is -2.28. The van der Waals surface area contributed by atoms with Crippen molar-refractivity contribution in [1.82, 2.24) is 9.97 Å². The molecular weight excluding hydrogens is 865 g/mol. The molecule has 68 heavy (non-hydrogen) atoms. The van der Waals surface area contributed by atoms with Crippen LogP contribution in [0.1, 0.15) is 12.8 Å². The Kier molecular flexibility index (Phi) is 11.1. The fourth-order valence-corrected chi connectivity index (χ4v) is 11.0. The van der Waals surface area contributed by atoms with E-state index in [4.69, 9.17) is 9.97 Å². The van der Waals surface area contributed by atoms with Crippen LogP contribution < -0.4 is 9.80 Å². The summed E-state index contributed by atoms with van der Waals surface area (Å²) >= 11 is 3.47. The van der Waals surface area contributed by atoms with Gasteiger partial charge in [-0.05, 0) is 137 Å². The Morgan fingerprint density at radius 1 is 0.309 bits per heavy atom. The fraction of sp³-hybridized carbons (Fsp3) is 0.0323. The highest BCUT2D eigenvalue weighted by molar-refractivity contribution is 7.22. The highest BCUT2D eigenvalue weighted by Gasteiger charge is 2.17. The molecule has 6 heteroatoms. The average Bonchev–Trinajstić information content (AvgIpc) is 4.06. The molecule has 9 aromatic carbocycles. The van der Waals surface area contributed by atoms with Gasteiger partial charge in [0.05, 0.1) is 20.4 Å². The molecule has 0 spiro atoms. The van der Waals surface area contributed by atoms with E-state index in [1.807, 2.05) is 12.1 Å². The minimum absolute atomic E-state index is 1.02. The number of hydrogen-bond acceptors (Lipinski definition) is 6. The molecule has 0 saturated carbocycles. The maximum Gasteiger partial charge on any atom is 0.124 e. The zero-order valence-corrected chi connectivity index (χ0v) is 38.7. The first-order valence-corrected chi connectivity index (χ1v) is 24.7. The molecule has 1 aliphatic rings. The summed E-state index contributed by atoms with van der Waals surface area (Å²) < 4.78 is 2.42. The molecule has 0 fully saturated rings. The van der Waals surface area contributed by atoms with Crippen LogP contribution in [-0.4, -0.2) is 9.97 Å². The molecule has 0 saturated heterocycles. The van der Waals surface area contributed by atoms with Gasteiger partial charge in [0.15, 0.2) is 0 Å². The van der Waals surface area contributed by atoms with Crippen LogP contribution in [-0.2, 0) is 0 Å². The second kappa shape index (κ2) is 18.3. The van der Waals surface area contributed by atoms with Gasteiger partial charge in [-0.15, -0.1) is 22.7 Å². The Balaban J connectivity index is 0.773. The van der Waals surface area contributed by atoms with Crippen molar-refractivity contribution in [2.24, 2.45) is 0 Å². The number of rotatable bonds is 11. The van der Waals surface area contributed by atoms with Gasteiger partial charge in [-0.3, -0.25) is 0 Å². The summed E-state index contributed by atoms with van der Waals surface area (Å²) in [4.78, 5) is 14.4. The topological polar surface area (TPSA) is 32.3 Å². The van der Waals surface area contributed by atoms with Crippen LogP contribution in [0.4, 0.5) is 28.4 Å². The Hall–Kier alpha value is -8.16. The molecule has 0 atom stereocenters. The van der Waals surface area contributed by atoms with E-state index < -0.39 is 0 Å². The van der Waals surface area contributed by atoms with Gasteiger partial charge < -0.3 is 9.80 Å². The molecule has 0 unspecified atom stereocenters. The first-order chi connectivity index (χ1) is 33.7. The second-order valence-electron chi connectivity index (χ2n) is 16.9. The number of fused-ring (bicyclic) bond motifs is 2. The smallest absolute Gasteiger partial charge is 0.124 e. The van der Waals surface area contributed by atoms with E-state index in [-0.39, 0.29) is 0 Å². The SMILES string of the molecule is C1=CC(N(c2ccc(-c3ccc(-c4nc5ccccc5s4)cc3)cc2)c2ccc(-c3ccc(N(c4ccccc4)c4ccc(-c5ccc(-c6nc7ccccc7s6)cc5)cc4)cc3)cc2)=CCC1. The van der Waals surface area contributed by atoms with E-state index in [2.05, 4.69) is 240 Å². The van der Waals surface area contributed by atoms with E-state index in [9.17, 15) is 0 Å². The summed E-state index contributed by atoms with van der Waals surface area (Å²) in [7, 11) is 0. The van der Waals surface area contributed by atoms with Crippen molar-refractivity contribution in [2.75, 3.05) is 9.80 Å². The van der Waals surface area contributed by atoms with Crippen LogP contribution in [0.25, 0.3) is 75.0 Å². The van der Waals surface area contributed by atoms with Crippen LogP contribution in [0.5, 0.6) is 0 Å². The molecule has 2 aromatic heterocycles. The quantitative estimate of drug-likeness (QED) is 0.129. The van der Waals surface area contributed by atoms with Gasteiger partial charge in [0, 0.05) is 45.3 Å². The maximum atomic E-state index is 4.86. The maximum absolute atomic E-state index is 4.86. The van der Waals surface area contributed by atoms with Gasteiger partial charge in [-0.25, -0.2) is 9.97 Å². The normalized spacial score (nSPS) is 12.3. The first-order valence-electron chi connectivity index (χ1n) is 23.0. The van der Waals surface area contributed by atoms with Crippen molar-refractivity contribution < 1.29 is 0 Å². The Bertz CT molecular complexity index is 3510. The van der Waals surface area contributed by atoms with Crippen molar-refractivity contribution in [2.45, 2.75) is 12.8 Å². The Morgan fingerprint density at radius 2 is 0.647 bits per heavy atom. The van der Waals surface area contributed by atoms with Gasteiger partial charge in [-0.2, -0.15) is 0 Å². The van der Waals surface area contributed by atoms with Gasteiger partial charge in [-0.1, -0.05) is 152 Å². The molecule has 0 radical (unpaired) electrons. The number of anilines is 5. The van der Waals surface area contributed by atoms with E-state index in [0.29, 0.717) is 0 Å². The van der Waals surface area contributed by atoms with E-state index >= 15 is 0 Å². The van der Waals surface area contributed by atoms with Crippen molar-refractivity contribution >= 4 is 71.5 Å². The molecule has 4 nitrogen and oxygen atoms in total. The number of aromatic nitrogens is 2. The zero-order valence-electron chi connectivity index (χ0n) is 37.1. The monoisotopic (exact) mass is 908 g/mol. The standard InChI is InChI=1S/C62H44N4S2/c1-3-11-51(12-4-1)65(53-35-27-45(28-36-53)43-19-23-49(24-20-43)61-63-57-15-7-9-17-59(57)67-61)55-39-31-47(32-40-55)48-33-41-56(42-34-48)66(52-13-5-2-6-14-52)54-37-29-46(30-38-54)44-21-25-50(26-22-44)62-64-58-16-8-10-18-60(58)68-62/h1,3-5,7-42H,2,6H2.